The van der Waals surface area contributed by atoms with Gasteiger partial charge in [-0.3, -0.25) is 4.79 Å². The SMILES string of the molecule is CC(=O)N1[C@H](COCc2ccccc2)[C@@H](COCc2ccccc2)OC1(C)C. The zero-order valence-electron chi connectivity index (χ0n) is 16.8. The van der Waals surface area contributed by atoms with Crippen LogP contribution in [0.25, 0.3) is 0 Å². The van der Waals surface area contributed by atoms with Crippen molar-refractivity contribution in [1.29, 1.82) is 0 Å². The van der Waals surface area contributed by atoms with E-state index >= 15 is 0 Å². The number of hydrogen-bond acceptors (Lipinski definition) is 4. The van der Waals surface area contributed by atoms with Crippen molar-refractivity contribution in [3.8, 4) is 0 Å². The van der Waals surface area contributed by atoms with Crippen molar-refractivity contribution in [2.45, 2.75) is 51.9 Å². The predicted octanol–water partition coefficient (Wildman–Crippen LogP) is 3.77. The fourth-order valence-electron chi connectivity index (χ4n) is 3.75. The van der Waals surface area contributed by atoms with E-state index in [1.807, 2.05) is 74.5 Å². The summed E-state index contributed by atoms with van der Waals surface area (Å²) in [5.41, 5.74) is 1.53. The third kappa shape index (κ3) is 5.19. The van der Waals surface area contributed by atoms with Crippen LogP contribution in [0.1, 0.15) is 31.9 Å². The quantitative estimate of drug-likeness (QED) is 0.696. The topological polar surface area (TPSA) is 48.0 Å². The maximum Gasteiger partial charge on any atom is 0.222 e. The van der Waals surface area contributed by atoms with Gasteiger partial charge in [0, 0.05) is 6.92 Å². The lowest BCUT2D eigenvalue weighted by atomic mass is 10.1. The molecule has 1 heterocycles. The summed E-state index contributed by atoms with van der Waals surface area (Å²) in [5, 5.41) is 0. The number of ether oxygens (including phenoxy) is 3. The maximum absolute atomic E-state index is 12.3. The molecule has 0 aromatic heterocycles. The first kappa shape index (κ1) is 20.5. The molecule has 0 radical (unpaired) electrons. The highest BCUT2D eigenvalue weighted by Gasteiger charge is 2.48. The van der Waals surface area contributed by atoms with Gasteiger partial charge in [0.05, 0.1) is 32.5 Å². The molecule has 5 nitrogen and oxygen atoms in total. The van der Waals surface area contributed by atoms with Crippen LogP contribution in [-0.2, 0) is 32.2 Å². The van der Waals surface area contributed by atoms with Crippen molar-refractivity contribution >= 4 is 5.91 Å². The van der Waals surface area contributed by atoms with Gasteiger partial charge in [0.2, 0.25) is 5.91 Å². The molecule has 0 saturated carbocycles. The van der Waals surface area contributed by atoms with Crippen molar-refractivity contribution < 1.29 is 19.0 Å². The van der Waals surface area contributed by atoms with Crippen LogP contribution in [0.4, 0.5) is 0 Å². The van der Waals surface area contributed by atoms with E-state index in [-0.39, 0.29) is 18.1 Å². The van der Waals surface area contributed by atoms with Gasteiger partial charge < -0.3 is 19.1 Å². The predicted molar refractivity (Wildman–Crippen MR) is 107 cm³/mol. The Kier molecular flexibility index (Phi) is 6.83. The summed E-state index contributed by atoms with van der Waals surface area (Å²) < 4.78 is 18.0. The number of carbonyl (C=O) groups excluding carboxylic acids is 1. The second-order valence-electron chi connectivity index (χ2n) is 7.56. The van der Waals surface area contributed by atoms with E-state index in [4.69, 9.17) is 14.2 Å². The van der Waals surface area contributed by atoms with Crippen molar-refractivity contribution in [3.05, 3.63) is 71.8 Å². The fourth-order valence-corrected chi connectivity index (χ4v) is 3.75. The Bertz CT molecular complexity index is 748. The van der Waals surface area contributed by atoms with Crippen molar-refractivity contribution in [2.24, 2.45) is 0 Å². The molecular weight excluding hydrogens is 354 g/mol. The highest BCUT2D eigenvalue weighted by atomic mass is 16.6. The summed E-state index contributed by atoms with van der Waals surface area (Å²) in [4.78, 5) is 14.1. The number of rotatable bonds is 8. The molecule has 28 heavy (non-hydrogen) atoms. The minimum absolute atomic E-state index is 0.0242. The zero-order chi connectivity index (χ0) is 20.0. The molecular formula is C23H29NO4. The average Bonchev–Trinajstić information content (AvgIpc) is 2.93. The molecule has 0 bridgehead atoms. The molecule has 2 aromatic rings. The van der Waals surface area contributed by atoms with E-state index in [2.05, 4.69) is 0 Å². The highest BCUT2D eigenvalue weighted by molar-refractivity contribution is 5.74. The first-order chi connectivity index (χ1) is 13.5. The van der Waals surface area contributed by atoms with Crippen LogP contribution in [0.15, 0.2) is 60.7 Å². The third-order valence-corrected chi connectivity index (χ3v) is 4.91. The molecule has 1 amide bonds. The minimum atomic E-state index is -0.687. The molecule has 1 aliphatic rings. The number of benzene rings is 2. The second-order valence-corrected chi connectivity index (χ2v) is 7.56. The minimum Gasteiger partial charge on any atom is -0.375 e. The maximum atomic E-state index is 12.3. The third-order valence-electron chi connectivity index (χ3n) is 4.91. The Morgan fingerprint density at radius 3 is 1.93 bits per heavy atom. The van der Waals surface area contributed by atoms with Gasteiger partial charge >= 0.3 is 0 Å². The van der Waals surface area contributed by atoms with Crippen LogP contribution >= 0.6 is 0 Å². The average molecular weight is 383 g/mol. The zero-order valence-corrected chi connectivity index (χ0v) is 16.8. The van der Waals surface area contributed by atoms with Gasteiger partial charge in [-0.15, -0.1) is 0 Å². The summed E-state index contributed by atoms with van der Waals surface area (Å²) in [6.45, 7) is 7.22. The van der Waals surface area contributed by atoms with E-state index in [1.54, 1.807) is 11.8 Å². The van der Waals surface area contributed by atoms with Gasteiger partial charge in [-0.25, -0.2) is 0 Å². The Hall–Kier alpha value is -2.21. The summed E-state index contributed by atoms with van der Waals surface area (Å²) in [7, 11) is 0. The normalized spacial score (nSPS) is 21.0. The first-order valence-corrected chi connectivity index (χ1v) is 9.68. The molecule has 0 spiro atoms. The largest absolute Gasteiger partial charge is 0.375 e. The Morgan fingerprint density at radius 1 is 0.929 bits per heavy atom. The molecule has 2 atom stereocenters. The number of carbonyl (C=O) groups is 1. The summed E-state index contributed by atoms with van der Waals surface area (Å²) >= 11 is 0. The summed E-state index contributed by atoms with van der Waals surface area (Å²) in [6.07, 6.45) is -0.238. The standard InChI is InChI=1S/C23H29NO4/c1-18(25)24-21(16-26-14-19-10-6-4-7-11-19)22(28-23(24,2)3)17-27-15-20-12-8-5-9-13-20/h4-13,21-22H,14-17H2,1-3H3/t21-,22-/m1/s1. The van der Waals surface area contributed by atoms with Crippen LogP contribution in [-0.4, -0.2) is 41.9 Å². The number of nitrogens with zero attached hydrogens (tertiary/aromatic N) is 1. The van der Waals surface area contributed by atoms with Crippen molar-refractivity contribution in [2.75, 3.05) is 13.2 Å². The monoisotopic (exact) mass is 383 g/mol. The Balaban J connectivity index is 1.61. The Labute approximate surface area is 167 Å². The molecule has 0 unspecified atom stereocenters. The lowest BCUT2D eigenvalue weighted by Crippen LogP contribution is -2.49. The van der Waals surface area contributed by atoms with Gasteiger partial charge in [-0.1, -0.05) is 60.7 Å². The lowest BCUT2D eigenvalue weighted by molar-refractivity contribution is -0.146. The van der Waals surface area contributed by atoms with Crippen molar-refractivity contribution in [3.63, 3.8) is 0 Å². The molecule has 0 aliphatic carbocycles. The molecule has 3 rings (SSSR count). The van der Waals surface area contributed by atoms with Gasteiger partial charge in [-0.2, -0.15) is 0 Å². The van der Waals surface area contributed by atoms with Crippen LogP contribution in [0.2, 0.25) is 0 Å². The second kappa shape index (κ2) is 9.32. The lowest BCUT2D eigenvalue weighted by Gasteiger charge is -2.32. The highest BCUT2D eigenvalue weighted by Crippen LogP contribution is 2.33. The molecule has 0 N–H and O–H groups in total. The van der Waals surface area contributed by atoms with Gasteiger partial charge in [0.1, 0.15) is 11.8 Å². The van der Waals surface area contributed by atoms with E-state index in [0.717, 1.165) is 11.1 Å². The van der Waals surface area contributed by atoms with E-state index < -0.39 is 5.72 Å². The van der Waals surface area contributed by atoms with Crippen LogP contribution in [0.3, 0.4) is 0 Å². The summed E-state index contributed by atoms with van der Waals surface area (Å²) in [5.74, 6) is -0.0242. The van der Waals surface area contributed by atoms with Gasteiger partial charge in [-0.05, 0) is 25.0 Å². The van der Waals surface area contributed by atoms with Gasteiger partial charge in [0.15, 0.2) is 0 Å². The van der Waals surface area contributed by atoms with Crippen molar-refractivity contribution in [1.82, 2.24) is 4.90 Å². The molecule has 2 aromatic carbocycles. The number of hydrogen-bond donors (Lipinski definition) is 0. The van der Waals surface area contributed by atoms with Crippen LogP contribution in [0, 0.1) is 0 Å². The molecule has 1 aliphatic heterocycles. The van der Waals surface area contributed by atoms with E-state index in [9.17, 15) is 4.79 Å². The van der Waals surface area contributed by atoms with E-state index in [0.29, 0.717) is 26.4 Å². The molecule has 150 valence electrons. The van der Waals surface area contributed by atoms with E-state index in [1.165, 1.54) is 0 Å². The molecule has 1 saturated heterocycles. The molecule has 5 heteroatoms. The summed E-state index contributed by atoms with van der Waals surface area (Å²) in [6, 6.07) is 19.8. The van der Waals surface area contributed by atoms with Crippen LogP contribution < -0.4 is 0 Å². The fraction of sp³-hybridized carbons (Fsp3) is 0.435. The van der Waals surface area contributed by atoms with Crippen LogP contribution in [0.5, 0.6) is 0 Å². The van der Waals surface area contributed by atoms with Gasteiger partial charge in [0.25, 0.3) is 0 Å². The first-order valence-electron chi connectivity index (χ1n) is 9.68. The smallest absolute Gasteiger partial charge is 0.222 e. The Morgan fingerprint density at radius 2 is 1.43 bits per heavy atom. The number of amides is 1. The molecule has 1 fully saturated rings.